The van der Waals surface area contributed by atoms with E-state index in [1.54, 1.807) is 0 Å². The van der Waals surface area contributed by atoms with Crippen molar-refractivity contribution in [2.45, 2.75) is 63.2 Å². The van der Waals surface area contributed by atoms with Crippen LogP contribution in [-0.4, -0.2) is 25.0 Å². The third kappa shape index (κ3) is 2.45. The Hall–Kier alpha value is -0.480. The third-order valence-electron chi connectivity index (χ3n) is 5.16. The average molecular weight is 253 g/mol. The van der Waals surface area contributed by atoms with Gasteiger partial charge in [0.25, 0.3) is 0 Å². The summed E-state index contributed by atoms with van der Waals surface area (Å²) in [7, 11) is 0. The average Bonchev–Trinajstić information content (AvgIpc) is 2.88. The second-order valence-corrected chi connectivity index (χ2v) is 6.12. The summed E-state index contributed by atoms with van der Waals surface area (Å²) in [5, 5.41) is 3.19. The van der Waals surface area contributed by atoms with E-state index in [9.17, 15) is 4.91 Å². The van der Waals surface area contributed by atoms with Crippen molar-refractivity contribution >= 4 is 0 Å². The molecule has 0 aromatic heterocycles. The Bertz CT molecular complexity index is 283. The van der Waals surface area contributed by atoms with Crippen molar-refractivity contribution in [3.8, 4) is 0 Å². The molecule has 0 radical (unpaired) electrons. The first kappa shape index (κ1) is 12.5. The van der Waals surface area contributed by atoms with Crippen molar-refractivity contribution in [2.75, 3.05) is 13.2 Å². The van der Waals surface area contributed by atoms with Crippen LogP contribution in [0.4, 0.5) is 0 Å². The minimum Gasteiger partial charge on any atom is -0.348 e. The van der Waals surface area contributed by atoms with Gasteiger partial charge in [-0.3, -0.25) is 0 Å². The zero-order valence-corrected chi connectivity index (χ0v) is 11.0. The summed E-state index contributed by atoms with van der Waals surface area (Å²) in [4.78, 5) is 10.5. The second-order valence-electron chi connectivity index (χ2n) is 6.12. The minimum atomic E-state index is -0.224. The summed E-state index contributed by atoms with van der Waals surface area (Å²) in [6.07, 6.45) is 8.96. The molecule has 0 unspecified atom stereocenters. The van der Waals surface area contributed by atoms with Gasteiger partial charge in [-0.15, -0.1) is 0 Å². The fourth-order valence-corrected chi connectivity index (χ4v) is 4.02. The molecule has 3 fully saturated rings. The van der Waals surface area contributed by atoms with Crippen LogP contribution in [0.25, 0.3) is 0 Å². The first-order valence-electron chi connectivity index (χ1n) is 7.42. The lowest BCUT2D eigenvalue weighted by Crippen LogP contribution is -2.37. The van der Waals surface area contributed by atoms with Crippen LogP contribution in [0.2, 0.25) is 0 Å². The summed E-state index contributed by atoms with van der Waals surface area (Å²) in [6, 6.07) is 0.0951. The molecule has 4 heteroatoms. The third-order valence-corrected chi connectivity index (χ3v) is 5.16. The fourth-order valence-electron chi connectivity index (χ4n) is 4.02. The Kier molecular flexibility index (Phi) is 3.66. The molecule has 3 rings (SSSR count). The highest BCUT2D eigenvalue weighted by Crippen LogP contribution is 2.44. The lowest BCUT2D eigenvalue weighted by atomic mass is 9.71. The predicted molar refractivity (Wildman–Crippen MR) is 68.1 cm³/mol. The van der Waals surface area contributed by atoms with Gasteiger partial charge in [0.15, 0.2) is 5.79 Å². The SMILES string of the molecule is O=NC1CCC(C2CCC3(CC2)OCCO3)CC1. The van der Waals surface area contributed by atoms with Crippen LogP contribution >= 0.6 is 0 Å². The minimum absolute atomic E-state index is 0.0951. The Labute approximate surface area is 108 Å². The molecule has 1 aliphatic heterocycles. The molecule has 1 heterocycles. The zero-order valence-electron chi connectivity index (χ0n) is 11.0. The molecule has 2 saturated carbocycles. The van der Waals surface area contributed by atoms with Crippen LogP contribution in [0, 0.1) is 16.7 Å². The van der Waals surface area contributed by atoms with Crippen LogP contribution in [0.5, 0.6) is 0 Å². The highest BCUT2D eigenvalue weighted by atomic mass is 16.7. The highest BCUT2D eigenvalue weighted by Gasteiger charge is 2.42. The van der Waals surface area contributed by atoms with E-state index in [0.717, 1.165) is 50.7 Å². The Balaban J connectivity index is 1.49. The molecule has 4 nitrogen and oxygen atoms in total. The topological polar surface area (TPSA) is 47.9 Å². The summed E-state index contributed by atoms with van der Waals surface area (Å²) in [5.41, 5.74) is 0. The molecule has 1 saturated heterocycles. The summed E-state index contributed by atoms with van der Waals surface area (Å²) < 4.78 is 11.5. The monoisotopic (exact) mass is 253 g/mol. The van der Waals surface area contributed by atoms with Gasteiger partial charge >= 0.3 is 0 Å². The van der Waals surface area contributed by atoms with E-state index in [4.69, 9.17) is 9.47 Å². The molecule has 18 heavy (non-hydrogen) atoms. The molecule has 1 spiro atoms. The van der Waals surface area contributed by atoms with Crippen molar-refractivity contribution in [2.24, 2.45) is 17.0 Å². The largest absolute Gasteiger partial charge is 0.348 e. The summed E-state index contributed by atoms with van der Waals surface area (Å²) in [6.45, 7) is 1.53. The molecule has 0 aromatic rings. The van der Waals surface area contributed by atoms with Gasteiger partial charge in [-0.1, -0.05) is 5.18 Å². The van der Waals surface area contributed by atoms with Crippen molar-refractivity contribution in [1.29, 1.82) is 0 Å². The highest BCUT2D eigenvalue weighted by molar-refractivity contribution is 4.87. The van der Waals surface area contributed by atoms with Gasteiger partial charge in [0, 0.05) is 12.8 Å². The Morgan fingerprint density at radius 2 is 1.39 bits per heavy atom. The summed E-state index contributed by atoms with van der Waals surface area (Å²) >= 11 is 0. The van der Waals surface area contributed by atoms with Gasteiger partial charge in [0.2, 0.25) is 0 Å². The van der Waals surface area contributed by atoms with E-state index in [-0.39, 0.29) is 11.8 Å². The van der Waals surface area contributed by atoms with E-state index < -0.39 is 0 Å². The van der Waals surface area contributed by atoms with E-state index in [1.807, 2.05) is 0 Å². The smallest absolute Gasteiger partial charge is 0.168 e. The normalized spacial score (nSPS) is 36.9. The van der Waals surface area contributed by atoms with Gasteiger partial charge in [0.05, 0.1) is 19.3 Å². The van der Waals surface area contributed by atoms with Crippen LogP contribution in [0.1, 0.15) is 51.4 Å². The number of hydrogen-bond acceptors (Lipinski definition) is 4. The van der Waals surface area contributed by atoms with Crippen LogP contribution in [0.3, 0.4) is 0 Å². The van der Waals surface area contributed by atoms with Gasteiger partial charge < -0.3 is 9.47 Å². The van der Waals surface area contributed by atoms with E-state index in [1.165, 1.54) is 25.7 Å². The van der Waals surface area contributed by atoms with Crippen molar-refractivity contribution < 1.29 is 9.47 Å². The molecule has 2 aliphatic carbocycles. The number of hydrogen-bond donors (Lipinski definition) is 0. The first-order chi connectivity index (χ1) is 8.81. The Morgan fingerprint density at radius 1 is 0.833 bits per heavy atom. The van der Waals surface area contributed by atoms with Crippen molar-refractivity contribution in [3.63, 3.8) is 0 Å². The van der Waals surface area contributed by atoms with E-state index in [2.05, 4.69) is 5.18 Å². The number of ether oxygens (including phenoxy) is 2. The van der Waals surface area contributed by atoms with Crippen molar-refractivity contribution in [1.82, 2.24) is 0 Å². The number of rotatable bonds is 2. The molecular weight excluding hydrogens is 230 g/mol. The maximum atomic E-state index is 10.5. The standard InChI is InChI=1S/C14H23NO3/c16-15-13-3-1-11(2-4-13)12-5-7-14(8-6-12)17-9-10-18-14/h11-13H,1-10H2. The molecule has 102 valence electrons. The zero-order chi connectivity index (χ0) is 12.4. The maximum Gasteiger partial charge on any atom is 0.168 e. The molecule has 0 bridgehead atoms. The van der Waals surface area contributed by atoms with E-state index >= 15 is 0 Å². The molecule has 0 atom stereocenters. The second kappa shape index (κ2) is 5.25. The maximum absolute atomic E-state index is 10.5. The van der Waals surface area contributed by atoms with Crippen molar-refractivity contribution in [3.05, 3.63) is 4.91 Å². The molecular formula is C14H23NO3. The van der Waals surface area contributed by atoms with Crippen LogP contribution < -0.4 is 0 Å². The summed E-state index contributed by atoms with van der Waals surface area (Å²) in [5.74, 6) is 1.40. The number of nitroso groups, excluding NO2 is 1. The lowest BCUT2D eigenvalue weighted by molar-refractivity contribution is -0.185. The molecule has 0 aromatic carbocycles. The lowest BCUT2D eigenvalue weighted by Gasteiger charge is -2.40. The first-order valence-corrected chi connectivity index (χ1v) is 7.42. The van der Waals surface area contributed by atoms with Crippen LogP contribution in [0.15, 0.2) is 5.18 Å². The fraction of sp³-hybridized carbons (Fsp3) is 1.00. The van der Waals surface area contributed by atoms with Gasteiger partial charge in [0.1, 0.15) is 0 Å². The molecule has 3 aliphatic rings. The number of nitrogens with zero attached hydrogens (tertiary/aromatic N) is 1. The van der Waals surface area contributed by atoms with E-state index in [0.29, 0.717) is 0 Å². The quantitative estimate of drug-likeness (QED) is 0.710. The van der Waals surface area contributed by atoms with Gasteiger partial charge in [-0.05, 0) is 50.4 Å². The van der Waals surface area contributed by atoms with Gasteiger partial charge in [-0.25, -0.2) is 0 Å². The van der Waals surface area contributed by atoms with Gasteiger partial charge in [-0.2, -0.15) is 4.91 Å². The van der Waals surface area contributed by atoms with Crippen LogP contribution in [-0.2, 0) is 9.47 Å². The Morgan fingerprint density at radius 3 is 1.94 bits per heavy atom. The molecule has 0 amide bonds. The molecule has 0 N–H and O–H groups in total. The predicted octanol–water partition coefficient (Wildman–Crippen LogP) is 3.24.